The predicted octanol–water partition coefficient (Wildman–Crippen LogP) is 4.01. The van der Waals surface area contributed by atoms with Gasteiger partial charge in [-0.15, -0.1) is 0 Å². The number of furan rings is 1. The molecule has 154 valence electrons. The number of carbonyl (C=O) groups is 4. The molecule has 1 aromatic heterocycles. The fourth-order valence-corrected chi connectivity index (χ4v) is 3.45. The standard InChI is InChI=1S/C23H14BrNO6/c24-19-9-6-14(31-19)7-10-21(27)30-12-20(26)25-13-5-8-17-18(11-13)23(29)16-4-2-1-3-15(16)22(17)28/h1-11H,12H2,(H,25,26)/b10-7+. The third-order valence-electron chi connectivity index (χ3n) is 4.53. The molecule has 2 aromatic carbocycles. The molecule has 0 atom stereocenters. The maximum Gasteiger partial charge on any atom is 0.331 e. The van der Waals surface area contributed by atoms with Crippen LogP contribution in [0, 0.1) is 0 Å². The van der Waals surface area contributed by atoms with Crippen molar-refractivity contribution in [2.75, 3.05) is 11.9 Å². The molecule has 0 aliphatic heterocycles. The average molecular weight is 480 g/mol. The molecule has 1 aliphatic rings. The summed E-state index contributed by atoms with van der Waals surface area (Å²) in [5.41, 5.74) is 1.50. The summed E-state index contributed by atoms with van der Waals surface area (Å²) >= 11 is 3.15. The van der Waals surface area contributed by atoms with Gasteiger partial charge in [-0.2, -0.15) is 0 Å². The first-order valence-corrected chi connectivity index (χ1v) is 9.94. The third kappa shape index (κ3) is 4.39. The van der Waals surface area contributed by atoms with Gasteiger partial charge in [-0.05, 0) is 52.3 Å². The second-order valence-corrected chi connectivity index (χ2v) is 7.38. The van der Waals surface area contributed by atoms with E-state index in [0.717, 1.165) is 6.08 Å². The highest BCUT2D eigenvalue weighted by molar-refractivity contribution is 9.10. The summed E-state index contributed by atoms with van der Waals surface area (Å²) in [6.45, 7) is -0.516. The van der Waals surface area contributed by atoms with Crippen molar-refractivity contribution in [1.82, 2.24) is 0 Å². The van der Waals surface area contributed by atoms with E-state index >= 15 is 0 Å². The lowest BCUT2D eigenvalue weighted by molar-refractivity contribution is -0.142. The first-order valence-electron chi connectivity index (χ1n) is 9.15. The summed E-state index contributed by atoms with van der Waals surface area (Å²) in [5, 5.41) is 2.56. The highest BCUT2D eigenvalue weighted by Crippen LogP contribution is 2.29. The molecule has 31 heavy (non-hydrogen) atoms. The molecule has 0 fully saturated rings. The monoisotopic (exact) mass is 479 g/mol. The van der Waals surface area contributed by atoms with Gasteiger partial charge in [-0.1, -0.05) is 24.3 Å². The Morgan fingerprint density at radius 1 is 0.935 bits per heavy atom. The van der Waals surface area contributed by atoms with E-state index in [1.54, 1.807) is 36.4 Å². The SMILES string of the molecule is O=C(COC(=O)/C=C/c1ccc(Br)o1)Nc1ccc2c(c1)C(=O)c1ccccc1C2=O. The number of nitrogens with one attached hydrogen (secondary N) is 1. The number of esters is 1. The number of fused-ring (bicyclic) bond motifs is 2. The topological polar surface area (TPSA) is 103 Å². The van der Waals surface area contributed by atoms with Gasteiger partial charge < -0.3 is 14.5 Å². The normalized spacial score (nSPS) is 12.4. The van der Waals surface area contributed by atoms with Gasteiger partial charge in [-0.25, -0.2) is 4.79 Å². The highest BCUT2D eigenvalue weighted by Gasteiger charge is 2.29. The van der Waals surface area contributed by atoms with Crippen LogP contribution < -0.4 is 5.32 Å². The molecular formula is C23H14BrNO6. The molecule has 3 aromatic rings. The third-order valence-corrected chi connectivity index (χ3v) is 4.96. The van der Waals surface area contributed by atoms with Crippen LogP contribution >= 0.6 is 15.9 Å². The quantitative estimate of drug-likeness (QED) is 0.342. The second-order valence-electron chi connectivity index (χ2n) is 6.60. The highest BCUT2D eigenvalue weighted by atomic mass is 79.9. The molecule has 1 amide bonds. The minimum absolute atomic E-state index is 0.214. The van der Waals surface area contributed by atoms with E-state index in [-0.39, 0.29) is 22.7 Å². The number of amides is 1. The Labute approximate surface area is 184 Å². The smallest absolute Gasteiger partial charge is 0.331 e. The number of hydrogen-bond donors (Lipinski definition) is 1. The molecule has 4 rings (SSSR count). The Bertz CT molecular complexity index is 1260. The first kappa shape index (κ1) is 20.5. The van der Waals surface area contributed by atoms with E-state index in [1.807, 2.05) is 0 Å². The van der Waals surface area contributed by atoms with Gasteiger partial charge in [0.1, 0.15) is 5.76 Å². The molecule has 1 N–H and O–H groups in total. The Morgan fingerprint density at radius 2 is 1.61 bits per heavy atom. The zero-order valence-electron chi connectivity index (χ0n) is 15.9. The Morgan fingerprint density at radius 3 is 2.29 bits per heavy atom. The molecule has 0 radical (unpaired) electrons. The van der Waals surface area contributed by atoms with Gasteiger partial charge >= 0.3 is 5.97 Å². The summed E-state index contributed by atoms with van der Waals surface area (Å²) < 4.78 is 10.6. The minimum Gasteiger partial charge on any atom is -0.452 e. The summed E-state index contributed by atoms with van der Waals surface area (Å²) in [6.07, 6.45) is 2.55. The Kier molecular flexibility index (Phi) is 5.64. The average Bonchev–Trinajstić information content (AvgIpc) is 3.19. The molecule has 0 spiro atoms. The maximum atomic E-state index is 12.7. The molecule has 0 saturated carbocycles. The maximum absolute atomic E-state index is 12.7. The van der Waals surface area contributed by atoms with Crippen molar-refractivity contribution in [1.29, 1.82) is 0 Å². The number of rotatable bonds is 5. The lowest BCUT2D eigenvalue weighted by Gasteiger charge is -2.18. The molecule has 7 nitrogen and oxygen atoms in total. The van der Waals surface area contributed by atoms with Crippen molar-refractivity contribution >= 4 is 51.1 Å². The van der Waals surface area contributed by atoms with Crippen molar-refractivity contribution in [3.63, 3.8) is 0 Å². The predicted molar refractivity (Wildman–Crippen MR) is 115 cm³/mol. The van der Waals surface area contributed by atoms with Gasteiger partial charge in [0.05, 0.1) is 0 Å². The van der Waals surface area contributed by atoms with Crippen LogP contribution in [0.3, 0.4) is 0 Å². The molecule has 8 heteroatoms. The summed E-state index contributed by atoms with van der Waals surface area (Å²) in [7, 11) is 0. The van der Waals surface area contributed by atoms with E-state index in [4.69, 9.17) is 9.15 Å². The van der Waals surface area contributed by atoms with Gasteiger partial charge in [0, 0.05) is 34.0 Å². The molecule has 0 bridgehead atoms. The van der Waals surface area contributed by atoms with E-state index in [1.165, 1.54) is 24.3 Å². The van der Waals surface area contributed by atoms with Crippen LogP contribution in [0.1, 0.15) is 37.6 Å². The summed E-state index contributed by atoms with van der Waals surface area (Å²) in [5.74, 6) is -1.39. The summed E-state index contributed by atoms with van der Waals surface area (Å²) in [6, 6.07) is 14.4. The Balaban J connectivity index is 1.39. The van der Waals surface area contributed by atoms with Crippen LogP contribution in [0.15, 0.2) is 69.8 Å². The molecule has 0 unspecified atom stereocenters. The van der Waals surface area contributed by atoms with Crippen molar-refractivity contribution in [2.45, 2.75) is 0 Å². The van der Waals surface area contributed by atoms with Crippen LogP contribution in [0.25, 0.3) is 6.08 Å². The van der Waals surface area contributed by atoms with E-state index < -0.39 is 18.5 Å². The van der Waals surface area contributed by atoms with E-state index in [9.17, 15) is 19.2 Å². The van der Waals surface area contributed by atoms with Gasteiger partial charge in [-0.3, -0.25) is 14.4 Å². The zero-order valence-corrected chi connectivity index (χ0v) is 17.5. The number of benzene rings is 2. The number of ketones is 2. The lowest BCUT2D eigenvalue weighted by atomic mass is 9.84. The van der Waals surface area contributed by atoms with Crippen molar-refractivity contribution < 1.29 is 28.3 Å². The number of carbonyl (C=O) groups excluding carboxylic acids is 4. The fourth-order valence-electron chi connectivity index (χ4n) is 3.13. The van der Waals surface area contributed by atoms with Crippen molar-refractivity contribution in [3.05, 3.63) is 93.4 Å². The fraction of sp³-hybridized carbons (Fsp3) is 0.0435. The van der Waals surface area contributed by atoms with Crippen molar-refractivity contribution in [3.8, 4) is 0 Å². The largest absolute Gasteiger partial charge is 0.452 e. The summed E-state index contributed by atoms with van der Waals surface area (Å²) in [4.78, 5) is 49.2. The molecular weight excluding hydrogens is 466 g/mol. The number of ether oxygens (including phenoxy) is 1. The number of halogens is 1. The molecule has 1 heterocycles. The second kappa shape index (κ2) is 8.53. The molecule has 0 saturated heterocycles. The van der Waals surface area contributed by atoms with Crippen LogP contribution in [0.5, 0.6) is 0 Å². The lowest BCUT2D eigenvalue weighted by Crippen LogP contribution is -2.23. The number of hydrogen-bond acceptors (Lipinski definition) is 6. The van der Waals surface area contributed by atoms with Gasteiger partial charge in [0.15, 0.2) is 22.8 Å². The van der Waals surface area contributed by atoms with E-state index in [2.05, 4.69) is 21.2 Å². The van der Waals surface area contributed by atoms with Crippen LogP contribution in [0.2, 0.25) is 0 Å². The minimum atomic E-state index is -0.717. The molecule has 1 aliphatic carbocycles. The van der Waals surface area contributed by atoms with Crippen LogP contribution in [-0.2, 0) is 14.3 Å². The van der Waals surface area contributed by atoms with E-state index in [0.29, 0.717) is 27.2 Å². The van der Waals surface area contributed by atoms with Crippen molar-refractivity contribution in [2.24, 2.45) is 0 Å². The number of anilines is 1. The van der Waals surface area contributed by atoms with Gasteiger partial charge in [0.25, 0.3) is 5.91 Å². The zero-order chi connectivity index (χ0) is 22.0. The first-order chi connectivity index (χ1) is 14.9. The van der Waals surface area contributed by atoms with Crippen LogP contribution in [-0.4, -0.2) is 30.0 Å². The van der Waals surface area contributed by atoms with Crippen LogP contribution in [0.4, 0.5) is 5.69 Å². The van der Waals surface area contributed by atoms with Gasteiger partial charge in [0.2, 0.25) is 0 Å². The Hall–Kier alpha value is -3.78.